The molecule has 0 N–H and O–H groups in total. The summed E-state index contributed by atoms with van der Waals surface area (Å²) in [6.45, 7) is 9.81. The van der Waals surface area contributed by atoms with E-state index >= 15 is 0 Å². The minimum atomic E-state index is -0.257. The Morgan fingerprint density at radius 2 is 1.88 bits per heavy atom. The van der Waals surface area contributed by atoms with Crippen LogP contribution in [-0.4, -0.2) is 32.9 Å². The van der Waals surface area contributed by atoms with E-state index in [1.165, 1.54) is 13.4 Å². The first-order valence-electron chi connectivity index (χ1n) is 4.99. The van der Waals surface area contributed by atoms with Crippen LogP contribution in [-0.2, 0) is 19.0 Å². The molecule has 1 unspecified atom stereocenters. The van der Waals surface area contributed by atoms with Gasteiger partial charge in [0.15, 0.2) is 0 Å². The van der Waals surface area contributed by atoms with Crippen molar-refractivity contribution in [2.75, 3.05) is 20.8 Å². The van der Waals surface area contributed by atoms with Crippen LogP contribution in [0.25, 0.3) is 0 Å². The van der Waals surface area contributed by atoms with Crippen LogP contribution in [0.2, 0.25) is 0 Å². The lowest BCUT2D eigenvalue weighted by atomic mass is 10.3. The van der Waals surface area contributed by atoms with E-state index in [0.717, 1.165) is 6.61 Å². The van der Waals surface area contributed by atoms with Crippen molar-refractivity contribution in [3.8, 4) is 0 Å². The van der Waals surface area contributed by atoms with E-state index in [9.17, 15) is 4.79 Å². The second-order valence-corrected chi connectivity index (χ2v) is 3.01. The molecule has 0 radical (unpaired) electrons. The fraction of sp³-hybridized carbons (Fsp3) is 0.583. The second kappa shape index (κ2) is 11.8. The van der Waals surface area contributed by atoms with Gasteiger partial charge in [-0.3, -0.25) is 0 Å². The van der Waals surface area contributed by atoms with Crippen LogP contribution in [0.3, 0.4) is 0 Å². The first kappa shape index (κ1) is 17.1. The molecular weight excluding hydrogens is 208 g/mol. The van der Waals surface area contributed by atoms with Crippen LogP contribution in [0.15, 0.2) is 24.5 Å². The van der Waals surface area contributed by atoms with Crippen LogP contribution in [0, 0.1) is 0 Å². The quantitative estimate of drug-likeness (QED) is 0.316. The van der Waals surface area contributed by atoms with Gasteiger partial charge < -0.3 is 14.2 Å². The van der Waals surface area contributed by atoms with Crippen LogP contribution in [0.4, 0.5) is 0 Å². The number of rotatable bonds is 2. The fourth-order valence-corrected chi connectivity index (χ4v) is 0.375. The molecule has 1 rings (SSSR count). The SMILES string of the molecule is C/C=C(\C)C(=O)OC.C=COC.CC1CO1. The van der Waals surface area contributed by atoms with Gasteiger partial charge in [0.25, 0.3) is 0 Å². The van der Waals surface area contributed by atoms with Crippen molar-refractivity contribution in [3.05, 3.63) is 24.5 Å². The van der Waals surface area contributed by atoms with E-state index in [-0.39, 0.29) is 5.97 Å². The first-order chi connectivity index (χ1) is 7.53. The van der Waals surface area contributed by atoms with Gasteiger partial charge in [0.1, 0.15) is 0 Å². The van der Waals surface area contributed by atoms with Crippen LogP contribution in [0.5, 0.6) is 0 Å². The molecule has 1 aliphatic rings. The standard InChI is InChI=1S/C6H10O2.2C3H6O/c1-4-5(2)6(7)8-3;1-3-2-4-3;1-3-4-2/h4H,1-3H3;3H,2H2,1H3;3H,1H2,2H3/b5-4+;;. The molecule has 1 heterocycles. The number of carbonyl (C=O) groups excluding carboxylic acids is 1. The van der Waals surface area contributed by atoms with Gasteiger partial charge in [0.2, 0.25) is 0 Å². The smallest absolute Gasteiger partial charge is 0.333 e. The summed E-state index contributed by atoms with van der Waals surface area (Å²) in [5.41, 5.74) is 0.646. The summed E-state index contributed by atoms with van der Waals surface area (Å²) in [5.74, 6) is -0.257. The number of esters is 1. The molecule has 0 aromatic rings. The zero-order valence-corrected chi connectivity index (χ0v) is 10.8. The van der Waals surface area contributed by atoms with Crippen LogP contribution >= 0.6 is 0 Å². The van der Waals surface area contributed by atoms with Crippen molar-refractivity contribution in [3.63, 3.8) is 0 Å². The number of carbonyl (C=O) groups is 1. The third-order valence-corrected chi connectivity index (χ3v) is 1.61. The molecule has 94 valence electrons. The van der Waals surface area contributed by atoms with E-state index in [1.807, 2.05) is 0 Å². The average Bonchev–Trinajstić information content (AvgIpc) is 3.10. The lowest BCUT2D eigenvalue weighted by molar-refractivity contribution is -0.136. The molecule has 0 bridgehead atoms. The van der Waals surface area contributed by atoms with Crippen molar-refractivity contribution in [1.82, 2.24) is 0 Å². The molecule has 0 saturated carbocycles. The van der Waals surface area contributed by atoms with Crippen molar-refractivity contribution >= 4 is 5.97 Å². The summed E-state index contributed by atoms with van der Waals surface area (Å²) >= 11 is 0. The minimum Gasteiger partial charge on any atom is -0.505 e. The van der Waals surface area contributed by atoms with Crippen molar-refractivity contribution in [2.45, 2.75) is 26.9 Å². The van der Waals surface area contributed by atoms with Crippen molar-refractivity contribution < 1.29 is 19.0 Å². The van der Waals surface area contributed by atoms with Gasteiger partial charge in [-0.15, -0.1) is 0 Å². The summed E-state index contributed by atoms with van der Waals surface area (Å²) in [6, 6.07) is 0. The third-order valence-electron chi connectivity index (χ3n) is 1.61. The molecule has 0 spiro atoms. The molecule has 1 aliphatic heterocycles. The van der Waals surface area contributed by atoms with E-state index in [0.29, 0.717) is 11.7 Å². The van der Waals surface area contributed by atoms with Gasteiger partial charge in [0, 0.05) is 5.57 Å². The Morgan fingerprint density at radius 3 is 1.94 bits per heavy atom. The lowest BCUT2D eigenvalue weighted by Gasteiger charge is -1.93. The van der Waals surface area contributed by atoms with Gasteiger partial charge in [0.05, 0.1) is 33.2 Å². The summed E-state index contributed by atoms with van der Waals surface area (Å²) in [4.78, 5) is 10.5. The summed E-state index contributed by atoms with van der Waals surface area (Å²) < 4.78 is 13.4. The molecule has 0 aromatic carbocycles. The number of methoxy groups -OCH3 is 2. The second-order valence-electron chi connectivity index (χ2n) is 3.01. The Kier molecular flexibility index (Phi) is 12.6. The Bertz CT molecular complexity index is 217. The van der Waals surface area contributed by atoms with E-state index < -0.39 is 0 Å². The van der Waals surface area contributed by atoms with Crippen molar-refractivity contribution in [2.24, 2.45) is 0 Å². The topological polar surface area (TPSA) is 48.1 Å². The molecule has 0 aliphatic carbocycles. The zero-order chi connectivity index (χ0) is 13.0. The largest absolute Gasteiger partial charge is 0.505 e. The van der Waals surface area contributed by atoms with Gasteiger partial charge >= 0.3 is 5.97 Å². The maximum Gasteiger partial charge on any atom is 0.333 e. The van der Waals surface area contributed by atoms with Crippen LogP contribution < -0.4 is 0 Å². The highest BCUT2D eigenvalue weighted by molar-refractivity contribution is 5.87. The molecule has 1 saturated heterocycles. The maximum atomic E-state index is 10.5. The number of allylic oxidation sites excluding steroid dienone is 1. The highest BCUT2D eigenvalue weighted by Crippen LogP contribution is 2.04. The number of hydrogen-bond acceptors (Lipinski definition) is 4. The predicted molar refractivity (Wildman–Crippen MR) is 64.1 cm³/mol. The first-order valence-corrected chi connectivity index (χ1v) is 4.99. The molecule has 1 atom stereocenters. The number of epoxide rings is 1. The monoisotopic (exact) mass is 230 g/mol. The highest BCUT2D eigenvalue weighted by atomic mass is 16.6. The molecule has 4 nitrogen and oxygen atoms in total. The van der Waals surface area contributed by atoms with Gasteiger partial charge in [-0.2, -0.15) is 0 Å². The lowest BCUT2D eigenvalue weighted by Crippen LogP contribution is -2.00. The highest BCUT2D eigenvalue weighted by Gasteiger charge is 2.13. The number of hydrogen-bond donors (Lipinski definition) is 0. The zero-order valence-electron chi connectivity index (χ0n) is 10.8. The molecule has 0 aromatic heterocycles. The van der Waals surface area contributed by atoms with Gasteiger partial charge in [-0.1, -0.05) is 12.7 Å². The number of ether oxygens (including phenoxy) is 3. The maximum absolute atomic E-state index is 10.5. The Hall–Kier alpha value is -1.29. The molecule has 0 amide bonds. The fourth-order valence-electron chi connectivity index (χ4n) is 0.375. The summed E-state index contributed by atoms with van der Waals surface area (Å²) in [7, 11) is 2.93. The summed E-state index contributed by atoms with van der Waals surface area (Å²) in [6.07, 6.45) is 3.67. The van der Waals surface area contributed by atoms with Crippen LogP contribution in [0.1, 0.15) is 20.8 Å². The Morgan fingerprint density at radius 1 is 1.50 bits per heavy atom. The normalized spacial score (nSPS) is 16.8. The summed E-state index contributed by atoms with van der Waals surface area (Å²) in [5, 5.41) is 0. The Labute approximate surface area is 97.9 Å². The van der Waals surface area contributed by atoms with Gasteiger partial charge in [-0.05, 0) is 20.8 Å². The van der Waals surface area contributed by atoms with Crippen molar-refractivity contribution in [1.29, 1.82) is 0 Å². The van der Waals surface area contributed by atoms with E-state index in [1.54, 1.807) is 27.0 Å². The van der Waals surface area contributed by atoms with E-state index in [2.05, 4.69) is 23.0 Å². The minimum absolute atomic E-state index is 0.257. The van der Waals surface area contributed by atoms with Gasteiger partial charge in [-0.25, -0.2) is 4.79 Å². The van der Waals surface area contributed by atoms with E-state index in [4.69, 9.17) is 4.74 Å². The Balaban J connectivity index is 0. The molecular formula is C12H22O4. The molecule has 1 fully saturated rings. The molecule has 16 heavy (non-hydrogen) atoms. The predicted octanol–water partition coefficient (Wildman–Crippen LogP) is 2.31. The average molecular weight is 230 g/mol. The molecule has 4 heteroatoms. The third kappa shape index (κ3) is 15.2.